The number of anilines is 1. The zero-order chi connectivity index (χ0) is 23.7. The molecule has 1 aromatic carbocycles. The summed E-state index contributed by atoms with van der Waals surface area (Å²) in [6, 6.07) is 14.1. The lowest BCUT2D eigenvalue weighted by Gasteiger charge is -2.37. The fraction of sp³-hybridized carbons (Fsp3) is 0.483. The summed E-state index contributed by atoms with van der Waals surface area (Å²) < 4.78 is 0. The van der Waals surface area contributed by atoms with Crippen LogP contribution >= 0.6 is 11.6 Å². The smallest absolute Gasteiger partial charge is 0.178 e. The highest BCUT2D eigenvalue weighted by Crippen LogP contribution is 2.47. The molecule has 0 radical (unpaired) electrons. The van der Waals surface area contributed by atoms with E-state index in [2.05, 4.69) is 53.2 Å². The SMILES string of the molecule is CC1CC2CC(c3cc(C(O)O)ccn3)=C(Cl)C=C2N(c2ccccc2)C[C@H]1C1CCCCC1. The number of aliphatic hydroxyl groups is 2. The van der Waals surface area contributed by atoms with Crippen molar-refractivity contribution in [2.75, 3.05) is 11.4 Å². The summed E-state index contributed by atoms with van der Waals surface area (Å²) in [7, 11) is 0. The molecule has 1 saturated heterocycles. The molecule has 1 saturated carbocycles. The van der Waals surface area contributed by atoms with Crippen LogP contribution in [0.15, 0.2) is 65.5 Å². The summed E-state index contributed by atoms with van der Waals surface area (Å²) in [5.74, 6) is 2.44. The number of aliphatic hydroxyl groups excluding tert-OH is 1. The van der Waals surface area contributed by atoms with Crippen LogP contribution in [0.4, 0.5) is 5.69 Å². The topological polar surface area (TPSA) is 56.6 Å². The van der Waals surface area contributed by atoms with Gasteiger partial charge >= 0.3 is 0 Å². The molecule has 2 aromatic rings. The third kappa shape index (κ3) is 4.82. The van der Waals surface area contributed by atoms with E-state index in [1.807, 2.05) is 0 Å². The van der Waals surface area contributed by atoms with Crippen LogP contribution in [0.1, 0.15) is 69.4 Å². The second-order valence-electron chi connectivity index (χ2n) is 10.4. The van der Waals surface area contributed by atoms with Gasteiger partial charge in [0.25, 0.3) is 0 Å². The summed E-state index contributed by atoms with van der Waals surface area (Å²) in [6.07, 6.45) is 11.0. The summed E-state index contributed by atoms with van der Waals surface area (Å²) >= 11 is 6.91. The van der Waals surface area contributed by atoms with Crippen molar-refractivity contribution in [2.45, 2.75) is 58.2 Å². The highest BCUT2D eigenvalue weighted by molar-refractivity contribution is 6.34. The van der Waals surface area contributed by atoms with Crippen molar-refractivity contribution < 1.29 is 10.2 Å². The van der Waals surface area contributed by atoms with Crippen LogP contribution in [-0.2, 0) is 0 Å². The Morgan fingerprint density at radius 1 is 1.06 bits per heavy atom. The van der Waals surface area contributed by atoms with Crippen LogP contribution in [-0.4, -0.2) is 21.7 Å². The summed E-state index contributed by atoms with van der Waals surface area (Å²) in [5, 5.41) is 20.0. The van der Waals surface area contributed by atoms with Crippen LogP contribution in [0, 0.1) is 23.7 Å². The van der Waals surface area contributed by atoms with Crippen LogP contribution in [0.25, 0.3) is 5.57 Å². The maximum Gasteiger partial charge on any atom is 0.178 e. The number of fused-ring (bicyclic) bond motifs is 1. The number of pyridine rings is 1. The molecule has 3 atom stereocenters. The maximum absolute atomic E-state index is 9.65. The minimum Gasteiger partial charge on any atom is -0.364 e. The molecule has 2 unspecified atom stereocenters. The molecule has 2 aliphatic carbocycles. The van der Waals surface area contributed by atoms with Gasteiger partial charge in [-0.15, -0.1) is 0 Å². The fourth-order valence-corrected chi connectivity index (χ4v) is 6.73. The molecular weight excluding hydrogens is 444 g/mol. The number of para-hydroxylation sites is 1. The van der Waals surface area contributed by atoms with Gasteiger partial charge in [-0.3, -0.25) is 4.98 Å². The molecule has 1 aliphatic heterocycles. The number of hydrogen-bond donors (Lipinski definition) is 2. The lowest BCUT2D eigenvalue weighted by Crippen LogP contribution is -2.34. The molecular formula is C29H35ClN2O2. The molecule has 0 amide bonds. The number of benzene rings is 1. The molecule has 0 spiro atoms. The Labute approximate surface area is 208 Å². The highest BCUT2D eigenvalue weighted by atomic mass is 35.5. The number of hydrogen-bond acceptors (Lipinski definition) is 4. The molecule has 4 nitrogen and oxygen atoms in total. The van der Waals surface area contributed by atoms with Gasteiger partial charge in [0.05, 0.1) is 5.69 Å². The summed E-state index contributed by atoms with van der Waals surface area (Å²) in [4.78, 5) is 7.07. The van der Waals surface area contributed by atoms with Crippen molar-refractivity contribution in [2.24, 2.45) is 23.7 Å². The highest BCUT2D eigenvalue weighted by Gasteiger charge is 2.39. The van der Waals surface area contributed by atoms with E-state index in [0.717, 1.165) is 36.6 Å². The van der Waals surface area contributed by atoms with E-state index in [9.17, 15) is 10.2 Å². The fourth-order valence-electron chi connectivity index (χ4n) is 6.44. The van der Waals surface area contributed by atoms with E-state index >= 15 is 0 Å². The number of allylic oxidation sites excluding steroid dienone is 4. The molecule has 2 N–H and O–H groups in total. The first-order valence-corrected chi connectivity index (χ1v) is 13.1. The molecule has 5 heteroatoms. The van der Waals surface area contributed by atoms with Crippen molar-refractivity contribution in [3.63, 3.8) is 0 Å². The Morgan fingerprint density at radius 3 is 2.56 bits per heavy atom. The normalized spacial score (nSPS) is 26.3. The van der Waals surface area contributed by atoms with Gasteiger partial charge in [-0.1, -0.05) is 68.8 Å². The lowest BCUT2D eigenvalue weighted by molar-refractivity contribution is -0.0425. The van der Waals surface area contributed by atoms with Crippen molar-refractivity contribution in [3.05, 3.63) is 76.7 Å². The minimum absolute atomic E-state index is 0.353. The molecule has 2 fully saturated rings. The van der Waals surface area contributed by atoms with E-state index in [0.29, 0.717) is 28.3 Å². The number of halogens is 1. The van der Waals surface area contributed by atoms with Gasteiger partial charge in [0, 0.05) is 40.6 Å². The van der Waals surface area contributed by atoms with Crippen molar-refractivity contribution in [1.82, 2.24) is 4.98 Å². The monoisotopic (exact) mass is 478 g/mol. The Bertz CT molecular complexity index is 1060. The van der Waals surface area contributed by atoms with Gasteiger partial charge in [0.2, 0.25) is 0 Å². The van der Waals surface area contributed by atoms with E-state index < -0.39 is 6.29 Å². The predicted octanol–water partition coefficient (Wildman–Crippen LogP) is 6.66. The standard InChI is InChI=1S/C29H35ClN2O2/c1-19-14-22-15-24(27-16-21(29(33)34)12-13-31-27)26(30)17-28(22)32(23-10-6-3-7-11-23)18-25(19)20-8-4-2-5-9-20/h3,6-7,10-13,16-17,19-20,22,25,29,33-34H,2,4-5,8-9,14-15,18H2,1H3/t19?,22?,25-/m1/s1. The quantitative estimate of drug-likeness (QED) is 0.482. The summed E-state index contributed by atoms with van der Waals surface area (Å²) in [5.41, 5.74) is 4.72. The Morgan fingerprint density at radius 2 is 1.82 bits per heavy atom. The van der Waals surface area contributed by atoms with Crippen molar-refractivity contribution in [3.8, 4) is 0 Å². The molecule has 3 aliphatic rings. The van der Waals surface area contributed by atoms with E-state index in [4.69, 9.17) is 11.6 Å². The van der Waals surface area contributed by atoms with Crippen molar-refractivity contribution >= 4 is 22.9 Å². The van der Waals surface area contributed by atoms with Crippen molar-refractivity contribution in [1.29, 1.82) is 0 Å². The Hall–Kier alpha value is -2.14. The predicted molar refractivity (Wildman–Crippen MR) is 138 cm³/mol. The molecule has 34 heavy (non-hydrogen) atoms. The maximum atomic E-state index is 9.65. The van der Waals surface area contributed by atoms with Gasteiger partial charge in [-0.05, 0) is 66.5 Å². The van der Waals surface area contributed by atoms with E-state index in [1.54, 1.807) is 18.3 Å². The first-order chi connectivity index (χ1) is 16.5. The summed E-state index contributed by atoms with van der Waals surface area (Å²) in [6.45, 7) is 3.49. The second kappa shape index (κ2) is 10.2. The van der Waals surface area contributed by atoms with Gasteiger partial charge in [0.15, 0.2) is 6.29 Å². The van der Waals surface area contributed by atoms with Crippen LogP contribution in [0.2, 0.25) is 0 Å². The van der Waals surface area contributed by atoms with Crippen LogP contribution < -0.4 is 4.90 Å². The van der Waals surface area contributed by atoms with E-state index in [1.165, 1.54) is 43.5 Å². The van der Waals surface area contributed by atoms with Crippen LogP contribution in [0.3, 0.4) is 0 Å². The molecule has 2 heterocycles. The van der Waals surface area contributed by atoms with Gasteiger partial charge in [0.1, 0.15) is 0 Å². The number of aromatic nitrogens is 1. The first kappa shape index (κ1) is 23.6. The minimum atomic E-state index is -1.52. The van der Waals surface area contributed by atoms with Gasteiger partial charge in [-0.25, -0.2) is 0 Å². The van der Waals surface area contributed by atoms with E-state index in [-0.39, 0.29) is 0 Å². The number of nitrogens with zero attached hydrogens (tertiary/aromatic N) is 2. The molecule has 5 rings (SSSR count). The first-order valence-electron chi connectivity index (χ1n) is 12.8. The van der Waals surface area contributed by atoms with Gasteiger partial charge < -0.3 is 15.1 Å². The molecule has 180 valence electrons. The van der Waals surface area contributed by atoms with Crippen LogP contribution in [0.5, 0.6) is 0 Å². The average Bonchev–Trinajstić information content (AvgIpc) is 3.00. The third-order valence-electron chi connectivity index (χ3n) is 8.24. The third-order valence-corrected chi connectivity index (χ3v) is 8.58. The number of rotatable bonds is 4. The second-order valence-corrected chi connectivity index (χ2v) is 10.8. The Kier molecular flexibility index (Phi) is 7.10. The zero-order valence-electron chi connectivity index (χ0n) is 19.9. The molecule has 1 aromatic heterocycles. The zero-order valence-corrected chi connectivity index (χ0v) is 20.7. The molecule has 0 bridgehead atoms. The lowest BCUT2D eigenvalue weighted by atomic mass is 9.72. The Balaban J connectivity index is 1.53. The largest absolute Gasteiger partial charge is 0.364 e. The average molecular weight is 479 g/mol. The van der Waals surface area contributed by atoms with Gasteiger partial charge in [-0.2, -0.15) is 0 Å².